The van der Waals surface area contributed by atoms with Crippen LogP contribution in [0.15, 0.2) is 194 Å². The van der Waals surface area contributed by atoms with E-state index in [0.29, 0.717) is 17.5 Å². The van der Waals surface area contributed by atoms with Crippen LogP contribution in [0, 0.1) is 0 Å². The van der Waals surface area contributed by atoms with Crippen LogP contribution in [0.25, 0.3) is 115 Å². The van der Waals surface area contributed by atoms with E-state index in [0.717, 1.165) is 44.1 Å². The van der Waals surface area contributed by atoms with Crippen molar-refractivity contribution >= 4 is 74.9 Å². The van der Waals surface area contributed by atoms with Gasteiger partial charge in [0.05, 0.1) is 11.0 Å². The second kappa shape index (κ2) is 13.1. The summed E-state index contributed by atoms with van der Waals surface area (Å²) in [4.78, 5) is 15.6. The maximum atomic E-state index is 5.22. The number of rotatable bonds is 5. The summed E-state index contributed by atoms with van der Waals surface area (Å²) in [6, 6.07) is 69.4. The number of aromatic nitrogens is 4. The summed E-state index contributed by atoms with van der Waals surface area (Å²) < 4.78 is 4.92. The number of benzene rings is 9. The van der Waals surface area contributed by atoms with Gasteiger partial charge in [0.15, 0.2) is 17.5 Å². The predicted octanol–water partition coefficient (Wildman–Crippen LogP) is 14.3. The lowest BCUT2D eigenvalue weighted by Gasteiger charge is -2.12. The molecule has 0 atom stereocenters. The molecule has 0 N–H and O–H groups in total. The lowest BCUT2D eigenvalue weighted by molar-refractivity contribution is 1.08. The molecule has 12 aromatic rings. The van der Waals surface area contributed by atoms with Crippen molar-refractivity contribution in [3.05, 3.63) is 194 Å². The van der Waals surface area contributed by atoms with Gasteiger partial charge >= 0.3 is 0 Å². The van der Waals surface area contributed by atoms with Crippen LogP contribution in [0.2, 0.25) is 0 Å². The van der Waals surface area contributed by atoms with Crippen LogP contribution in [0.3, 0.4) is 0 Å². The third-order valence-electron chi connectivity index (χ3n) is 11.4. The molecule has 0 amide bonds. The van der Waals surface area contributed by atoms with Crippen LogP contribution in [-0.4, -0.2) is 19.5 Å². The molecule has 0 spiro atoms. The van der Waals surface area contributed by atoms with E-state index in [1.807, 2.05) is 11.3 Å². The van der Waals surface area contributed by atoms with Gasteiger partial charge in [0, 0.05) is 53.3 Å². The van der Waals surface area contributed by atoms with Crippen molar-refractivity contribution in [2.75, 3.05) is 0 Å². The van der Waals surface area contributed by atoms with Crippen LogP contribution in [-0.2, 0) is 0 Å². The molecule has 9 aromatic carbocycles. The van der Waals surface area contributed by atoms with Gasteiger partial charge in [0.1, 0.15) is 0 Å². The monoisotopic (exact) mass is 756 g/mol. The van der Waals surface area contributed by atoms with Crippen molar-refractivity contribution in [1.82, 2.24) is 19.5 Å². The molecule has 12 rings (SSSR count). The normalized spacial score (nSPS) is 11.8. The first kappa shape index (κ1) is 32.7. The highest BCUT2D eigenvalue weighted by atomic mass is 32.1. The Morgan fingerprint density at radius 1 is 0.310 bits per heavy atom. The van der Waals surface area contributed by atoms with Crippen LogP contribution < -0.4 is 0 Å². The average Bonchev–Trinajstić information content (AvgIpc) is 3.83. The predicted molar refractivity (Wildman–Crippen MR) is 244 cm³/mol. The molecule has 3 aromatic heterocycles. The van der Waals surface area contributed by atoms with E-state index in [2.05, 4.69) is 199 Å². The van der Waals surface area contributed by atoms with Gasteiger partial charge in [-0.2, -0.15) is 0 Å². The smallest absolute Gasteiger partial charge is 0.164 e. The van der Waals surface area contributed by atoms with Gasteiger partial charge in [0.2, 0.25) is 0 Å². The summed E-state index contributed by atoms with van der Waals surface area (Å²) in [5.41, 5.74) is 8.70. The highest BCUT2D eigenvalue weighted by Crippen LogP contribution is 2.39. The lowest BCUT2D eigenvalue weighted by Crippen LogP contribution is -2.00. The van der Waals surface area contributed by atoms with Crippen LogP contribution >= 0.6 is 11.3 Å². The Balaban J connectivity index is 1.05. The van der Waals surface area contributed by atoms with E-state index in [1.54, 1.807) is 0 Å². The second-order valence-corrected chi connectivity index (χ2v) is 16.0. The highest BCUT2D eigenvalue weighted by Gasteiger charge is 2.17. The van der Waals surface area contributed by atoms with Gasteiger partial charge in [-0.1, -0.05) is 127 Å². The molecular weight excluding hydrogens is 725 g/mol. The second-order valence-electron chi connectivity index (χ2n) is 14.9. The fourth-order valence-electron chi connectivity index (χ4n) is 8.54. The molecule has 0 bridgehead atoms. The van der Waals surface area contributed by atoms with E-state index in [1.165, 1.54) is 53.0 Å². The topological polar surface area (TPSA) is 43.6 Å². The number of para-hydroxylation sites is 1. The molecular formula is C53H32N4S. The van der Waals surface area contributed by atoms with E-state index in [4.69, 9.17) is 15.0 Å². The first-order valence-electron chi connectivity index (χ1n) is 19.5. The molecule has 3 heterocycles. The Labute approximate surface area is 338 Å². The van der Waals surface area contributed by atoms with E-state index < -0.39 is 0 Å². The van der Waals surface area contributed by atoms with Crippen molar-refractivity contribution in [1.29, 1.82) is 0 Å². The van der Waals surface area contributed by atoms with E-state index in [-0.39, 0.29) is 0 Å². The molecule has 0 aliphatic heterocycles. The number of hydrogen-bond acceptors (Lipinski definition) is 4. The van der Waals surface area contributed by atoms with Crippen molar-refractivity contribution < 1.29 is 0 Å². The molecule has 0 radical (unpaired) electrons. The molecule has 4 nitrogen and oxygen atoms in total. The minimum absolute atomic E-state index is 0.640. The maximum Gasteiger partial charge on any atom is 0.164 e. The SMILES string of the molecule is c1ccc(-c2cccc(-n3c4ccccc4c4cc5ccc(-c6nc(-c7ccc8ccccc8c7)nc(-c7ccc8sc9ccccc9c8c7)n6)cc5cc43)c2)cc1. The Bertz CT molecular complexity index is 3580. The molecule has 0 aliphatic rings. The van der Waals surface area contributed by atoms with Gasteiger partial charge in [-0.05, 0) is 99.4 Å². The van der Waals surface area contributed by atoms with Crippen LogP contribution in [0.1, 0.15) is 0 Å². The number of nitrogens with zero attached hydrogens (tertiary/aromatic N) is 4. The molecule has 0 fully saturated rings. The summed E-state index contributed by atoms with van der Waals surface area (Å²) >= 11 is 1.81. The number of thiophene rings is 1. The largest absolute Gasteiger partial charge is 0.309 e. The average molecular weight is 757 g/mol. The third kappa shape index (κ3) is 5.40. The zero-order chi connectivity index (χ0) is 38.2. The standard InChI is InChI=1S/C53H32N4S/c1-2-11-33(12-3-1)36-15-10-16-42(29-36)57-47-19-8-6-17-43(47)45-30-37-22-24-39(28-41(37)32-48(45)57)52-54-51(38-23-21-34-13-4-5-14-35(34)27-38)55-53(56-52)40-25-26-50-46(31-40)44-18-7-9-20-49(44)58-50/h1-32H. The van der Waals surface area contributed by atoms with Gasteiger partial charge in [-0.15, -0.1) is 11.3 Å². The fourth-order valence-corrected chi connectivity index (χ4v) is 9.63. The minimum atomic E-state index is 0.640. The van der Waals surface area contributed by atoms with Crippen molar-refractivity contribution in [3.63, 3.8) is 0 Å². The lowest BCUT2D eigenvalue weighted by atomic mass is 10.0. The van der Waals surface area contributed by atoms with Crippen molar-refractivity contribution in [2.45, 2.75) is 0 Å². The van der Waals surface area contributed by atoms with Crippen molar-refractivity contribution in [2.24, 2.45) is 0 Å². The summed E-state index contributed by atoms with van der Waals surface area (Å²) in [5, 5.41) is 9.52. The Hall–Kier alpha value is -7.47. The minimum Gasteiger partial charge on any atom is -0.309 e. The van der Waals surface area contributed by atoms with E-state index >= 15 is 0 Å². The summed E-state index contributed by atoms with van der Waals surface area (Å²) in [7, 11) is 0. The Kier molecular flexibility index (Phi) is 7.37. The zero-order valence-corrected chi connectivity index (χ0v) is 32.0. The quantitative estimate of drug-likeness (QED) is 0.176. The first-order chi connectivity index (χ1) is 28.7. The molecule has 0 unspecified atom stereocenters. The Morgan fingerprint density at radius 3 is 1.74 bits per heavy atom. The molecule has 270 valence electrons. The fraction of sp³-hybridized carbons (Fsp3) is 0. The molecule has 0 aliphatic carbocycles. The Morgan fingerprint density at radius 2 is 0.914 bits per heavy atom. The number of fused-ring (bicyclic) bond motifs is 8. The molecule has 58 heavy (non-hydrogen) atoms. The van der Waals surface area contributed by atoms with Gasteiger partial charge in [-0.3, -0.25) is 0 Å². The van der Waals surface area contributed by atoms with Gasteiger partial charge in [0.25, 0.3) is 0 Å². The van der Waals surface area contributed by atoms with Crippen LogP contribution in [0.4, 0.5) is 0 Å². The van der Waals surface area contributed by atoms with Gasteiger partial charge in [-0.25, -0.2) is 15.0 Å². The van der Waals surface area contributed by atoms with Crippen molar-refractivity contribution in [3.8, 4) is 51.0 Å². The molecule has 5 heteroatoms. The molecule has 0 saturated heterocycles. The zero-order valence-electron chi connectivity index (χ0n) is 31.2. The summed E-state index contributed by atoms with van der Waals surface area (Å²) in [6.07, 6.45) is 0. The number of hydrogen-bond donors (Lipinski definition) is 0. The van der Waals surface area contributed by atoms with E-state index in [9.17, 15) is 0 Å². The molecule has 0 saturated carbocycles. The third-order valence-corrected chi connectivity index (χ3v) is 12.5. The van der Waals surface area contributed by atoms with Gasteiger partial charge < -0.3 is 4.57 Å². The highest BCUT2D eigenvalue weighted by molar-refractivity contribution is 7.25. The first-order valence-corrected chi connectivity index (χ1v) is 20.3. The summed E-state index contributed by atoms with van der Waals surface area (Å²) in [6.45, 7) is 0. The maximum absolute atomic E-state index is 5.22. The summed E-state index contributed by atoms with van der Waals surface area (Å²) in [5.74, 6) is 1.94. The van der Waals surface area contributed by atoms with Crippen LogP contribution in [0.5, 0.6) is 0 Å².